The summed E-state index contributed by atoms with van der Waals surface area (Å²) in [5.74, 6) is 0.839. The van der Waals surface area contributed by atoms with Crippen molar-refractivity contribution < 1.29 is 9.90 Å². The van der Waals surface area contributed by atoms with Crippen LogP contribution >= 0.6 is 0 Å². The number of likely N-dealkylation sites (tertiary alicyclic amines) is 1. The molecule has 3 aliphatic rings. The lowest BCUT2D eigenvalue weighted by molar-refractivity contribution is -0.125. The molecule has 148 valence electrons. The molecular weight excluding hydrogens is 338 g/mol. The van der Waals surface area contributed by atoms with Gasteiger partial charge in [-0.25, -0.2) is 0 Å². The highest BCUT2D eigenvalue weighted by Crippen LogP contribution is 2.44. The Morgan fingerprint density at radius 1 is 1.11 bits per heavy atom. The molecule has 3 fully saturated rings. The SMILES string of the molecule is O=C(NCCN1CCC(CO)CC1)[C@@H]1C[C@H](c2ccccc2)N2CCC[C@@H]12. The number of amides is 1. The van der Waals surface area contributed by atoms with E-state index in [1.54, 1.807) is 0 Å². The van der Waals surface area contributed by atoms with E-state index in [1.807, 2.05) is 0 Å². The van der Waals surface area contributed by atoms with Gasteiger partial charge in [-0.1, -0.05) is 30.3 Å². The number of piperidine rings is 1. The first kappa shape index (κ1) is 18.9. The highest BCUT2D eigenvalue weighted by Gasteiger charge is 2.46. The number of nitrogens with zero attached hydrogens (tertiary/aromatic N) is 2. The van der Waals surface area contributed by atoms with Crippen molar-refractivity contribution in [2.24, 2.45) is 11.8 Å². The summed E-state index contributed by atoms with van der Waals surface area (Å²) in [4.78, 5) is 17.9. The number of fused-ring (bicyclic) bond motifs is 1. The second kappa shape index (κ2) is 8.72. The number of benzene rings is 1. The molecule has 0 bridgehead atoms. The highest BCUT2D eigenvalue weighted by atomic mass is 16.3. The van der Waals surface area contributed by atoms with E-state index in [4.69, 9.17) is 0 Å². The van der Waals surface area contributed by atoms with Gasteiger partial charge in [0.2, 0.25) is 5.91 Å². The molecule has 4 rings (SSSR count). The minimum absolute atomic E-state index is 0.123. The fourth-order valence-electron chi connectivity index (χ4n) is 5.31. The lowest BCUT2D eigenvalue weighted by atomic mass is 9.93. The Hall–Kier alpha value is -1.43. The van der Waals surface area contributed by atoms with Crippen molar-refractivity contribution in [2.75, 3.05) is 39.3 Å². The molecule has 5 heteroatoms. The molecule has 1 aromatic carbocycles. The van der Waals surface area contributed by atoms with Crippen molar-refractivity contribution in [3.05, 3.63) is 35.9 Å². The van der Waals surface area contributed by atoms with E-state index in [9.17, 15) is 9.90 Å². The Morgan fingerprint density at radius 2 is 1.89 bits per heavy atom. The molecule has 0 spiro atoms. The first-order valence-electron chi connectivity index (χ1n) is 10.7. The van der Waals surface area contributed by atoms with Gasteiger partial charge in [0, 0.05) is 31.8 Å². The smallest absolute Gasteiger partial charge is 0.224 e. The van der Waals surface area contributed by atoms with Crippen LogP contribution in [0.15, 0.2) is 30.3 Å². The summed E-state index contributed by atoms with van der Waals surface area (Å²) >= 11 is 0. The molecule has 3 aliphatic heterocycles. The first-order chi connectivity index (χ1) is 13.3. The van der Waals surface area contributed by atoms with Gasteiger partial charge in [-0.05, 0) is 63.2 Å². The van der Waals surface area contributed by atoms with Gasteiger partial charge < -0.3 is 15.3 Å². The molecule has 2 N–H and O–H groups in total. The third-order valence-corrected chi connectivity index (χ3v) is 6.90. The molecule has 0 radical (unpaired) electrons. The fraction of sp³-hybridized carbons (Fsp3) is 0.682. The Morgan fingerprint density at radius 3 is 2.63 bits per heavy atom. The molecule has 1 amide bonds. The van der Waals surface area contributed by atoms with Crippen LogP contribution < -0.4 is 5.32 Å². The second-order valence-electron chi connectivity index (χ2n) is 8.47. The van der Waals surface area contributed by atoms with Crippen LogP contribution in [0.3, 0.4) is 0 Å². The Balaban J connectivity index is 1.29. The van der Waals surface area contributed by atoms with E-state index in [2.05, 4.69) is 45.4 Å². The van der Waals surface area contributed by atoms with Gasteiger partial charge in [0.15, 0.2) is 0 Å². The zero-order valence-electron chi connectivity index (χ0n) is 16.2. The van der Waals surface area contributed by atoms with E-state index in [1.165, 1.54) is 12.0 Å². The maximum Gasteiger partial charge on any atom is 0.224 e. The molecular formula is C22H33N3O2. The summed E-state index contributed by atoms with van der Waals surface area (Å²) in [6.45, 7) is 5.17. The minimum Gasteiger partial charge on any atom is -0.396 e. The number of hydrogen-bond donors (Lipinski definition) is 2. The number of aliphatic hydroxyl groups is 1. The summed E-state index contributed by atoms with van der Waals surface area (Å²) in [5, 5.41) is 12.5. The molecule has 3 heterocycles. The van der Waals surface area contributed by atoms with Gasteiger partial charge in [0.25, 0.3) is 0 Å². The van der Waals surface area contributed by atoms with Crippen LogP contribution in [0.2, 0.25) is 0 Å². The normalized spacial score (nSPS) is 29.7. The third kappa shape index (κ3) is 4.20. The second-order valence-corrected chi connectivity index (χ2v) is 8.47. The zero-order chi connectivity index (χ0) is 18.6. The van der Waals surface area contributed by atoms with Crippen LogP contribution in [0, 0.1) is 11.8 Å². The summed E-state index contributed by atoms with van der Waals surface area (Å²) < 4.78 is 0. The van der Waals surface area contributed by atoms with Gasteiger partial charge in [-0.2, -0.15) is 0 Å². The minimum atomic E-state index is 0.123. The molecule has 0 saturated carbocycles. The quantitative estimate of drug-likeness (QED) is 0.803. The Bertz CT molecular complexity index is 615. The number of rotatable bonds is 6. The van der Waals surface area contributed by atoms with Gasteiger partial charge >= 0.3 is 0 Å². The van der Waals surface area contributed by atoms with Crippen molar-refractivity contribution >= 4 is 5.91 Å². The van der Waals surface area contributed by atoms with Crippen LogP contribution in [-0.2, 0) is 4.79 Å². The molecule has 3 saturated heterocycles. The fourth-order valence-corrected chi connectivity index (χ4v) is 5.31. The van der Waals surface area contributed by atoms with E-state index in [-0.39, 0.29) is 11.8 Å². The highest BCUT2D eigenvalue weighted by molar-refractivity contribution is 5.80. The topological polar surface area (TPSA) is 55.8 Å². The number of hydrogen-bond acceptors (Lipinski definition) is 4. The number of carbonyl (C=O) groups excluding carboxylic acids is 1. The van der Waals surface area contributed by atoms with Crippen molar-refractivity contribution in [1.82, 2.24) is 15.1 Å². The monoisotopic (exact) mass is 371 g/mol. The van der Waals surface area contributed by atoms with Crippen molar-refractivity contribution in [3.8, 4) is 0 Å². The van der Waals surface area contributed by atoms with Crippen LogP contribution in [0.1, 0.15) is 43.7 Å². The van der Waals surface area contributed by atoms with E-state index in [0.717, 1.165) is 58.4 Å². The van der Waals surface area contributed by atoms with Gasteiger partial charge in [0.1, 0.15) is 0 Å². The van der Waals surface area contributed by atoms with Crippen LogP contribution in [0.25, 0.3) is 0 Å². The van der Waals surface area contributed by atoms with Crippen molar-refractivity contribution in [2.45, 2.75) is 44.2 Å². The molecule has 0 aliphatic carbocycles. The molecule has 0 unspecified atom stereocenters. The molecule has 27 heavy (non-hydrogen) atoms. The lowest BCUT2D eigenvalue weighted by Crippen LogP contribution is -2.43. The standard InChI is InChI=1S/C22H33N3O2/c26-16-17-8-12-24(13-9-17)14-10-23-22(27)19-15-21(18-5-2-1-3-6-18)25-11-4-7-20(19)25/h1-3,5-6,17,19-21,26H,4,7-16H2,(H,23,27)/t19-,20+,21-/m1/s1. The van der Waals surface area contributed by atoms with Crippen molar-refractivity contribution in [3.63, 3.8) is 0 Å². The summed E-state index contributed by atoms with van der Waals surface area (Å²) in [5.41, 5.74) is 1.35. The number of nitrogens with one attached hydrogen (secondary N) is 1. The molecule has 0 aromatic heterocycles. The van der Waals surface area contributed by atoms with Gasteiger partial charge in [0.05, 0.1) is 5.92 Å². The molecule has 1 aromatic rings. The maximum atomic E-state index is 12.9. The molecule has 3 atom stereocenters. The number of carbonyl (C=O) groups is 1. The average Bonchev–Trinajstić information content (AvgIpc) is 3.32. The van der Waals surface area contributed by atoms with Crippen molar-refractivity contribution in [1.29, 1.82) is 0 Å². The largest absolute Gasteiger partial charge is 0.396 e. The summed E-state index contributed by atoms with van der Waals surface area (Å²) in [6.07, 6.45) is 5.45. The first-order valence-corrected chi connectivity index (χ1v) is 10.7. The number of aliphatic hydroxyl groups excluding tert-OH is 1. The van der Waals surface area contributed by atoms with Gasteiger partial charge in [-0.3, -0.25) is 9.69 Å². The Labute approximate surface area is 162 Å². The summed E-state index contributed by atoms with van der Waals surface area (Å²) in [6, 6.07) is 11.5. The third-order valence-electron chi connectivity index (χ3n) is 6.90. The van der Waals surface area contributed by atoms with E-state index in [0.29, 0.717) is 24.6 Å². The van der Waals surface area contributed by atoms with Crippen LogP contribution in [0.5, 0.6) is 0 Å². The summed E-state index contributed by atoms with van der Waals surface area (Å²) in [7, 11) is 0. The predicted molar refractivity (Wildman–Crippen MR) is 106 cm³/mol. The lowest BCUT2D eigenvalue weighted by Gasteiger charge is -2.31. The van der Waals surface area contributed by atoms with Gasteiger partial charge in [-0.15, -0.1) is 0 Å². The maximum absolute atomic E-state index is 12.9. The van der Waals surface area contributed by atoms with E-state index >= 15 is 0 Å². The Kier molecular flexibility index (Phi) is 6.11. The van der Waals surface area contributed by atoms with Crippen LogP contribution in [-0.4, -0.2) is 66.2 Å². The predicted octanol–water partition coefficient (Wildman–Crippen LogP) is 2.03. The zero-order valence-corrected chi connectivity index (χ0v) is 16.2. The van der Waals surface area contributed by atoms with E-state index < -0.39 is 0 Å². The van der Waals surface area contributed by atoms with Crippen LogP contribution in [0.4, 0.5) is 0 Å². The average molecular weight is 372 g/mol. The molecule has 5 nitrogen and oxygen atoms in total.